The van der Waals surface area contributed by atoms with E-state index in [1.165, 1.54) is 0 Å². The molecule has 0 unspecified atom stereocenters. The van der Waals surface area contributed by atoms with Gasteiger partial charge in [-0.3, -0.25) is 4.79 Å². The van der Waals surface area contributed by atoms with E-state index >= 15 is 0 Å². The molecule has 0 saturated carbocycles. The van der Waals surface area contributed by atoms with E-state index in [1.807, 2.05) is 26.8 Å². The minimum absolute atomic E-state index is 0.239. The van der Waals surface area contributed by atoms with Gasteiger partial charge >= 0.3 is 5.97 Å². The molecule has 4 heteroatoms. The first-order valence-electron chi connectivity index (χ1n) is 4.62. The Bertz CT molecular complexity index is 212. The second-order valence-corrected chi connectivity index (χ2v) is 3.86. The minimum Gasteiger partial charge on any atom is -0.460 e. The lowest BCUT2D eigenvalue weighted by atomic mass is 10.2. The third-order valence-corrected chi connectivity index (χ3v) is 1.23. The van der Waals surface area contributed by atoms with E-state index in [4.69, 9.17) is 14.7 Å². The Labute approximate surface area is 84.8 Å². The first-order valence-corrected chi connectivity index (χ1v) is 4.62. The number of carbonyl (C=O) groups excluding carboxylic acids is 1. The van der Waals surface area contributed by atoms with Gasteiger partial charge in [0, 0.05) is 0 Å². The number of nitrogens with zero attached hydrogens (tertiary/aromatic N) is 1. The summed E-state index contributed by atoms with van der Waals surface area (Å²) in [7, 11) is 0. The van der Waals surface area contributed by atoms with Crippen molar-refractivity contribution < 1.29 is 14.3 Å². The van der Waals surface area contributed by atoms with Gasteiger partial charge in [-0.05, 0) is 20.8 Å². The molecule has 0 amide bonds. The van der Waals surface area contributed by atoms with Crippen molar-refractivity contribution in [1.29, 1.82) is 5.26 Å². The molecule has 0 aromatic heterocycles. The minimum atomic E-state index is -0.441. The van der Waals surface area contributed by atoms with Gasteiger partial charge in [0.15, 0.2) is 0 Å². The van der Waals surface area contributed by atoms with Gasteiger partial charge in [-0.1, -0.05) is 0 Å². The van der Waals surface area contributed by atoms with E-state index < -0.39 is 5.60 Å². The Morgan fingerprint density at radius 2 is 2.00 bits per heavy atom. The number of esters is 1. The summed E-state index contributed by atoms with van der Waals surface area (Å²) in [6.45, 7) is 6.15. The molecular weight excluding hydrogens is 182 g/mol. The summed E-state index contributed by atoms with van der Waals surface area (Å²) in [5, 5.41) is 8.21. The molecule has 0 aromatic carbocycles. The molecule has 0 atom stereocenters. The molecule has 0 saturated heterocycles. The zero-order valence-corrected chi connectivity index (χ0v) is 9.00. The average molecular weight is 199 g/mol. The molecule has 0 N–H and O–H groups in total. The number of hydrogen-bond donors (Lipinski definition) is 0. The van der Waals surface area contributed by atoms with Gasteiger partial charge in [0.25, 0.3) is 0 Å². The normalized spacial score (nSPS) is 10.7. The third-order valence-electron chi connectivity index (χ3n) is 1.23. The summed E-state index contributed by atoms with van der Waals surface area (Å²) in [5.74, 6) is -0.269. The maximum atomic E-state index is 11.1. The molecule has 14 heavy (non-hydrogen) atoms. The van der Waals surface area contributed by atoms with Gasteiger partial charge in [-0.2, -0.15) is 5.26 Å². The van der Waals surface area contributed by atoms with Crippen LogP contribution >= 0.6 is 0 Å². The third kappa shape index (κ3) is 9.01. The van der Waals surface area contributed by atoms with Crippen LogP contribution in [0, 0.1) is 11.3 Å². The Balaban J connectivity index is 3.42. The first kappa shape index (κ1) is 12.9. The number of rotatable bonds is 5. The second-order valence-electron chi connectivity index (χ2n) is 3.86. The van der Waals surface area contributed by atoms with Crippen LogP contribution in [0.25, 0.3) is 0 Å². The lowest BCUT2D eigenvalue weighted by Gasteiger charge is -2.19. The number of nitriles is 1. The molecular formula is C10H17NO3. The van der Waals surface area contributed by atoms with Crippen LogP contribution in [0.3, 0.4) is 0 Å². The smallest absolute Gasteiger partial charge is 0.308 e. The van der Waals surface area contributed by atoms with Crippen molar-refractivity contribution in [2.24, 2.45) is 0 Å². The Morgan fingerprint density at radius 1 is 1.36 bits per heavy atom. The average Bonchev–Trinajstić information content (AvgIpc) is 2.00. The topological polar surface area (TPSA) is 59.3 Å². The summed E-state index contributed by atoms with van der Waals surface area (Å²) >= 11 is 0. The summed E-state index contributed by atoms with van der Waals surface area (Å²) in [6.07, 6.45) is 0.594. The van der Waals surface area contributed by atoms with Crippen molar-refractivity contribution in [3.8, 4) is 6.07 Å². The summed E-state index contributed by atoms with van der Waals surface area (Å²) in [5.41, 5.74) is -0.441. The molecule has 0 rings (SSSR count). The molecule has 0 aromatic rings. The van der Waals surface area contributed by atoms with Crippen LogP contribution in [-0.4, -0.2) is 24.8 Å². The predicted molar refractivity (Wildman–Crippen MR) is 51.5 cm³/mol. The lowest BCUT2D eigenvalue weighted by molar-refractivity contribution is -0.155. The monoisotopic (exact) mass is 199 g/mol. The molecule has 0 heterocycles. The zero-order valence-electron chi connectivity index (χ0n) is 9.00. The van der Waals surface area contributed by atoms with E-state index in [0.717, 1.165) is 0 Å². The Morgan fingerprint density at radius 3 is 2.50 bits per heavy atom. The second kappa shape index (κ2) is 6.39. The van der Waals surface area contributed by atoms with E-state index in [1.54, 1.807) is 0 Å². The maximum Gasteiger partial charge on any atom is 0.308 e. The Kier molecular flexibility index (Phi) is 5.89. The molecule has 0 fully saturated rings. The number of carbonyl (C=O) groups is 1. The van der Waals surface area contributed by atoms with Crippen molar-refractivity contribution in [3.05, 3.63) is 0 Å². The van der Waals surface area contributed by atoms with E-state index in [0.29, 0.717) is 19.6 Å². The van der Waals surface area contributed by atoms with Crippen LogP contribution < -0.4 is 0 Å². The van der Waals surface area contributed by atoms with Gasteiger partial charge in [0.2, 0.25) is 0 Å². The van der Waals surface area contributed by atoms with Crippen LogP contribution in [0.1, 0.15) is 33.6 Å². The highest BCUT2D eigenvalue weighted by Gasteiger charge is 2.15. The van der Waals surface area contributed by atoms with Crippen LogP contribution in [0.2, 0.25) is 0 Å². The van der Waals surface area contributed by atoms with Crippen LogP contribution in [0.5, 0.6) is 0 Å². The van der Waals surface area contributed by atoms with E-state index in [2.05, 4.69) is 0 Å². The molecule has 0 spiro atoms. The van der Waals surface area contributed by atoms with Crippen molar-refractivity contribution >= 4 is 5.97 Å². The molecule has 4 nitrogen and oxygen atoms in total. The fourth-order valence-corrected chi connectivity index (χ4v) is 0.768. The SMILES string of the molecule is CC(C)(C)OC(=O)CCOCCC#N. The van der Waals surface area contributed by atoms with Gasteiger partial charge in [0.1, 0.15) is 5.60 Å². The molecule has 0 aliphatic carbocycles. The van der Waals surface area contributed by atoms with Crippen molar-refractivity contribution in [1.82, 2.24) is 0 Å². The summed E-state index contributed by atoms with van der Waals surface area (Å²) in [4.78, 5) is 11.1. The van der Waals surface area contributed by atoms with E-state index in [9.17, 15) is 4.79 Å². The van der Waals surface area contributed by atoms with Crippen LogP contribution in [0.15, 0.2) is 0 Å². The summed E-state index contributed by atoms with van der Waals surface area (Å²) in [6, 6.07) is 1.95. The van der Waals surface area contributed by atoms with Crippen LogP contribution in [0.4, 0.5) is 0 Å². The fourth-order valence-electron chi connectivity index (χ4n) is 0.768. The van der Waals surface area contributed by atoms with Crippen LogP contribution in [-0.2, 0) is 14.3 Å². The van der Waals surface area contributed by atoms with E-state index in [-0.39, 0.29) is 12.4 Å². The lowest BCUT2D eigenvalue weighted by Crippen LogP contribution is -2.24. The molecule has 0 aliphatic rings. The van der Waals surface area contributed by atoms with Crippen molar-refractivity contribution in [2.45, 2.75) is 39.2 Å². The molecule has 0 bridgehead atoms. The maximum absolute atomic E-state index is 11.1. The van der Waals surface area contributed by atoms with Crippen molar-refractivity contribution in [2.75, 3.05) is 13.2 Å². The van der Waals surface area contributed by atoms with Crippen molar-refractivity contribution in [3.63, 3.8) is 0 Å². The predicted octanol–water partition coefficient (Wildman–Crippen LogP) is 1.65. The zero-order chi connectivity index (χ0) is 11.0. The highest BCUT2D eigenvalue weighted by molar-refractivity contribution is 5.69. The standard InChI is InChI=1S/C10H17NO3/c1-10(2,3)14-9(12)5-8-13-7-4-6-11/h4-5,7-8H2,1-3H3. The number of ether oxygens (including phenoxy) is 2. The van der Waals surface area contributed by atoms with Gasteiger partial charge in [0.05, 0.1) is 32.1 Å². The van der Waals surface area contributed by atoms with Gasteiger partial charge in [-0.25, -0.2) is 0 Å². The highest BCUT2D eigenvalue weighted by atomic mass is 16.6. The fraction of sp³-hybridized carbons (Fsp3) is 0.800. The Hall–Kier alpha value is -1.08. The molecule has 0 radical (unpaired) electrons. The molecule has 80 valence electrons. The van der Waals surface area contributed by atoms with Gasteiger partial charge < -0.3 is 9.47 Å². The van der Waals surface area contributed by atoms with Gasteiger partial charge in [-0.15, -0.1) is 0 Å². The number of hydrogen-bond acceptors (Lipinski definition) is 4. The first-order chi connectivity index (χ1) is 6.45. The molecule has 0 aliphatic heterocycles. The quantitative estimate of drug-likeness (QED) is 0.499. The highest BCUT2D eigenvalue weighted by Crippen LogP contribution is 2.07. The summed E-state index contributed by atoms with van der Waals surface area (Å²) < 4.78 is 10.1. The largest absolute Gasteiger partial charge is 0.460 e.